The summed E-state index contributed by atoms with van der Waals surface area (Å²) in [5.41, 5.74) is 3.60. The third-order valence-electron chi connectivity index (χ3n) is 4.03. The van der Waals surface area contributed by atoms with Crippen molar-refractivity contribution in [3.05, 3.63) is 87.5 Å². The van der Waals surface area contributed by atoms with Gasteiger partial charge >= 0.3 is 0 Å². The minimum absolute atomic E-state index is 0.0742. The summed E-state index contributed by atoms with van der Waals surface area (Å²) in [6, 6.07) is 19.2. The molecule has 134 valence electrons. The average Bonchev–Trinajstić information content (AvgIpc) is 2.65. The number of nitrogens with one attached hydrogen (secondary N) is 1. The summed E-state index contributed by atoms with van der Waals surface area (Å²) in [6.45, 7) is 3.85. The second-order valence-corrected chi connectivity index (χ2v) is 6.11. The molecule has 0 atom stereocenters. The van der Waals surface area contributed by atoms with Gasteiger partial charge in [-0.3, -0.25) is 10.1 Å². The third kappa shape index (κ3) is 4.22. The highest BCUT2D eigenvalue weighted by Gasteiger charge is 2.13. The number of hydrogen-bond donors (Lipinski definition) is 1. The van der Waals surface area contributed by atoms with E-state index in [4.69, 9.17) is 10.00 Å². The van der Waals surface area contributed by atoms with Crippen LogP contribution in [0.5, 0.6) is 11.5 Å². The van der Waals surface area contributed by atoms with Gasteiger partial charge in [0.05, 0.1) is 22.6 Å². The number of anilines is 2. The number of para-hydroxylation sites is 1. The van der Waals surface area contributed by atoms with Crippen LogP contribution in [0.15, 0.2) is 60.7 Å². The molecule has 0 spiro atoms. The van der Waals surface area contributed by atoms with Crippen LogP contribution in [-0.4, -0.2) is 4.92 Å². The molecule has 0 radical (unpaired) electrons. The number of ether oxygens (including phenoxy) is 1. The Morgan fingerprint density at radius 1 is 1.00 bits per heavy atom. The standard InChI is InChI=1S/C21H17N3O3/c1-14-4-3-5-15(2)21(14)27-20-11-18(10-19(12-20)24(25)26)23-17-8-6-16(13-22)7-9-17/h3-12,23H,1-2H3. The molecule has 3 aromatic rings. The van der Waals surface area contributed by atoms with Crippen LogP contribution < -0.4 is 10.1 Å². The van der Waals surface area contributed by atoms with E-state index in [0.29, 0.717) is 28.4 Å². The van der Waals surface area contributed by atoms with E-state index < -0.39 is 4.92 Å². The Kier molecular flexibility index (Phi) is 5.04. The van der Waals surface area contributed by atoms with Crippen molar-refractivity contribution in [1.29, 1.82) is 5.26 Å². The van der Waals surface area contributed by atoms with Crippen molar-refractivity contribution in [2.45, 2.75) is 13.8 Å². The van der Waals surface area contributed by atoms with Crippen molar-refractivity contribution < 1.29 is 9.66 Å². The Balaban J connectivity index is 1.95. The van der Waals surface area contributed by atoms with Crippen LogP contribution in [0.2, 0.25) is 0 Å². The fourth-order valence-corrected chi connectivity index (χ4v) is 2.69. The molecule has 0 fully saturated rings. The summed E-state index contributed by atoms with van der Waals surface area (Å²) in [5.74, 6) is 1.06. The van der Waals surface area contributed by atoms with Gasteiger partial charge in [-0.15, -0.1) is 0 Å². The first-order chi connectivity index (χ1) is 13.0. The topological polar surface area (TPSA) is 88.2 Å². The molecule has 3 rings (SSSR count). The van der Waals surface area contributed by atoms with Gasteiger partial charge in [-0.2, -0.15) is 5.26 Å². The molecule has 0 bridgehead atoms. The second kappa shape index (κ2) is 7.58. The highest BCUT2D eigenvalue weighted by Crippen LogP contribution is 2.34. The molecule has 0 saturated heterocycles. The van der Waals surface area contributed by atoms with Crippen molar-refractivity contribution in [2.24, 2.45) is 0 Å². The molecule has 6 nitrogen and oxygen atoms in total. The molecule has 6 heteroatoms. The molecule has 1 N–H and O–H groups in total. The summed E-state index contributed by atoms with van der Waals surface area (Å²) in [6.07, 6.45) is 0. The van der Waals surface area contributed by atoms with Crippen molar-refractivity contribution in [3.8, 4) is 17.6 Å². The highest BCUT2D eigenvalue weighted by molar-refractivity contribution is 5.65. The van der Waals surface area contributed by atoms with Gasteiger partial charge in [-0.25, -0.2) is 0 Å². The molecule has 0 amide bonds. The molecule has 0 aliphatic heterocycles. The average molecular weight is 359 g/mol. The van der Waals surface area contributed by atoms with Crippen LogP contribution in [0.3, 0.4) is 0 Å². The summed E-state index contributed by atoms with van der Waals surface area (Å²) in [4.78, 5) is 10.9. The molecule has 0 heterocycles. The molecule has 0 saturated carbocycles. The van der Waals surface area contributed by atoms with Crippen molar-refractivity contribution >= 4 is 17.1 Å². The predicted octanol–water partition coefficient (Wildman–Crippen LogP) is 5.62. The number of benzene rings is 3. The van der Waals surface area contributed by atoms with Gasteiger partial charge in [0.1, 0.15) is 11.5 Å². The van der Waals surface area contributed by atoms with Gasteiger partial charge in [0.2, 0.25) is 0 Å². The maximum absolute atomic E-state index is 11.3. The molecular formula is C21H17N3O3. The smallest absolute Gasteiger partial charge is 0.275 e. The fourth-order valence-electron chi connectivity index (χ4n) is 2.69. The molecule has 3 aromatic carbocycles. The molecule has 0 aliphatic carbocycles. The zero-order valence-electron chi connectivity index (χ0n) is 14.9. The number of nitriles is 1. The Morgan fingerprint density at radius 2 is 1.67 bits per heavy atom. The Bertz CT molecular complexity index is 1020. The van der Waals surface area contributed by atoms with Crippen molar-refractivity contribution in [1.82, 2.24) is 0 Å². The Labute approximate surface area is 156 Å². The normalized spacial score (nSPS) is 10.1. The van der Waals surface area contributed by atoms with Gasteiger partial charge in [-0.05, 0) is 49.2 Å². The summed E-state index contributed by atoms with van der Waals surface area (Å²) in [7, 11) is 0. The minimum Gasteiger partial charge on any atom is -0.456 e. The van der Waals surface area contributed by atoms with Crippen LogP contribution in [0.25, 0.3) is 0 Å². The third-order valence-corrected chi connectivity index (χ3v) is 4.03. The van der Waals surface area contributed by atoms with Crippen LogP contribution in [0, 0.1) is 35.3 Å². The van der Waals surface area contributed by atoms with E-state index >= 15 is 0 Å². The van der Waals surface area contributed by atoms with Crippen LogP contribution >= 0.6 is 0 Å². The highest BCUT2D eigenvalue weighted by atomic mass is 16.6. The van der Waals surface area contributed by atoms with E-state index in [1.165, 1.54) is 12.1 Å². The lowest BCUT2D eigenvalue weighted by molar-refractivity contribution is -0.384. The number of non-ortho nitro benzene ring substituents is 1. The van der Waals surface area contributed by atoms with Crippen LogP contribution in [0.4, 0.5) is 17.1 Å². The first-order valence-electron chi connectivity index (χ1n) is 8.27. The summed E-state index contributed by atoms with van der Waals surface area (Å²) >= 11 is 0. The van der Waals surface area contributed by atoms with Gasteiger partial charge in [0.25, 0.3) is 5.69 Å². The van der Waals surface area contributed by atoms with Gasteiger partial charge in [0, 0.05) is 23.5 Å². The van der Waals surface area contributed by atoms with Crippen LogP contribution in [0.1, 0.15) is 16.7 Å². The fraction of sp³-hybridized carbons (Fsp3) is 0.0952. The predicted molar refractivity (Wildman–Crippen MR) is 104 cm³/mol. The van der Waals surface area contributed by atoms with Gasteiger partial charge in [-0.1, -0.05) is 18.2 Å². The van der Waals surface area contributed by atoms with Gasteiger partial charge < -0.3 is 10.1 Å². The first kappa shape index (κ1) is 18.0. The lowest BCUT2D eigenvalue weighted by Gasteiger charge is -2.13. The molecule has 0 aromatic heterocycles. The molecular weight excluding hydrogens is 342 g/mol. The number of nitro groups is 1. The van der Waals surface area contributed by atoms with E-state index in [0.717, 1.165) is 11.1 Å². The SMILES string of the molecule is Cc1cccc(C)c1Oc1cc(Nc2ccc(C#N)cc2)cc([N+](=O)[O-])c1. The molecule has 0 unspecified atom stereocenters. The first-order valence-corrected chi connectivity index (χ1v) is 8.27. The quantitative estimate of drug-likeness (QED) is 0.472. The van der Waals surface area contributed by atoms with E-state index in [9.17, 15) is 10.1 Å². The number of rotatable bonds is 5. The monoisotopic (exact) mass is 359 g/mol. The molecule has 0 aliphatic rings. The van der Waals surface area contributed by atoms with E-state index in [-0.39, 0.29) is 5.69 Å². The van der Waals surface area contributed by atoms with E-state index in [1.54, 1.807) is 30.3 Å². The second-order valence-electron chi connectivity index (χ2n) is 6.11. The van der Waals surface area contributed by atoms with E-state index in [1.807, 2.05) is 32.0 Å². The minimum atomic E-state index is -0.457. The Morgan fingerprint density at radius 3 is 2.26 bits per heavy atom. The van der Waals surface area contributed by atoms with Crippen molar-refractivity contribution in [2.75, 3.05) is 5.32 Å². The maximum atomic E-state index is 11.3. The lowest BCUT2D eigenvalue weighted by atomic mass is 10.1. The maximum Gasteiger partial charge on any atom is 0.275 e. The summed E-state index contributed by atoms with van der Waals surface area (Å²) in [5, 5.41) is 23.3. The Hall–Kier alpha value is -3.85. The summed E-state index contributed by atoms with van der Waals surface area (Å²) < 4.78 is 5.96. The number of hydrogen-bond acceptors (Lipinski definition) is 5. The lowest BCUT2D eigenvalue weighted by Crippen LogP contribution is -1.96. The molecule has 27 heavy (non-hydrogen) atoms. The zero-order chi connectivity index (χ0) is 19.4. The van der Waals surface area contributed by atoms with Gasteiger partial charge in [0.15, 0.2) is 0 Å². The number of aryl methyl sites for hydroxylation is 2. The van der Waals surface area contributed by atoms with Crippen LogP contribution in [-0.2, 0) is 0 Å². The zero-order valence-corrected chi connectivity index (χ0v) is 14.9. The number of nitro benzene ring substituents is 1. The number of nitrogens with zero attached hydrogens (tertiary/aromatic N) is 2. The van der Waals surface area contributed by atoms with Crippen molar-refractivity contribution in [3.63, 3.8) is 0 Å². The largest absolute Gasteiger partial charge is 0.456 e. The van der Waals surface area contributed by atoms with E-state index in [2.05, 4.69) is 11.4 Å².